The zero-order valence-electron chi connectivity index (χ0n) is 18.7. The van der Waals surface area contributed by atoms with Gasteiger partial charge in [0.05, 0.1) is 5.92 Å². The number of nitrogens with one attached hydrogen (secondary N) is 1. The van der Waals surface area contributed by atoms with Crippen LogP contribution in [0.25, 0.3) is 0 Å². The maximum atomic E-state index is 13.0. The topological polar surface area (TPSA) is 69.7 Å². The number of rotatable bonds is 10. The third-order valence-corrected chi connectivity index (χ3v) is 5.99. The standard InChI is InChI=1S/C24H37N3O3/c1-4-21(19-11-8-7-9-12-19)24(30)27-17-15-20(16-18-27)25-22(28)13-10-14-23(29)26(5-2)6-3/h7-9,11-12,20-21H,4-6,10,13-18H2,1-3H3,(H,25,28). The van der Waals surface area contributed by atoms with E-state index in [0.717, 1.165) is 24.8 Å². The number of hydrogen-bond acceptors (Lipinski definition) is 3. The highest BCUT2D eigenvalue weighted by molar-refractivity contribution is 5.84. The summed E-state index contributed by atoms with van der Waals surface area (Å²) >= 11 is 0. The van der Waals surface area contributed by atoms with Crippen LogP contribution >= 0.6 is 0 Å². The van der Waals surface area contributed by atoms with Gasteiger partial charge in [-0.25, -0.2) is 0 Å². The largest absolute Gasteiger partial charge is 0.353 e. The Hall–Kier alpha value is -2.37. The van der Waals surface area contributed by atoms with Crippen molar-refractivity contribution in [2.45, 2.75) is 71.3 Å². The van der Waals surface area contributed by atoms with Gasteiger partial charge in [0.2, 0.25) is 17.7 Å². The van der Waals surface area contributed by atoms with Crippen molar-refractivity contribution in [3.05, 3.63) is 35.9 Å². The summed E-state index contributed by atoms with van der Waals surface area (Å²) in [5, 5.41) is 3.08. The number of amides is 3. The van der Waals surface area contributed by atoms with Crippen molar-refractivity contribution in [2.24, 2.45) is 0 Å². The number of hydrogen-bond donors (Lipinski definition) is 1. The molecule has 0 radical (unpaired) electrons. The van der Waals surface area contributed by atoms with Crippen molar-refractivity contribution in [1.82, 2.24) is 15.1 Å². The number of piperidine rings is 1. The Morgan fingerprint density at radius 2 is 1.67 bits per heavy atom. The zero-order valence-corrected chi connectivity index (χ0v) is 18.7. The molecule has 1 unspecified atom stereocenters. The lowest BCUT2D eigenvalue weighted by Gasteiger charge is -2.34. The van der Waals surface area contributed by atoms with Gasteiger partial charge in [0.25, 0.3) is 0 Å². The number of carbonyl (C=O) groups excluding carboxylic acids is 3. The predicted molar refractivity (Wildman–Crippen MR) is 119 cm³/mol. The van der Waals surface area contributed by atoms with Crippen molar-refractivity contribution < 1.29 is 14.4 Å². The highest BCUT2D eigenvalue weighted by Gasteiger charge is 2.28. The van der Waals surface area contributed by atoms with E-state index >= 15 is 0 Å². The lowest BCUT2D eigenvalue weighted by Crippen LogP contribution is -2.47. The van der Waals surface area contributed by atoms with E-state index in [0.29, 0.717) is 45.4 Å². The molecular formula is C24H37N3O3. The van der Waals surface area contributed by atoms with Crippen molar-refractivity contribution in [1.29, 1.82) is 0 Å². The number of benzene rings is 1. The lowest BCUT2D eigenvalue weighted by atomic mass is 9.93. The van der Waals surface area contributed by atoms with Crippen molar-refractivity contribution >= 4 is 17.7 Å². The van der Waals surface area contributed by atoms with Gasteiger partial charge in [-0.1, -0.05) is 37.3 Å². The van der Waals surface area contributed by atoms with Crippen LogP contribution in [0, 0.1) is 0 Å². The first-order chi connectivity index (χ1) is 14.5. The average molecular weight is 416 g/mol. The van der Waals surface area contributed by atoms with Crippen LogP contribution in [0.15, 0.2) is 30.3 Å². The van der Waals surface area contributed by atoms with E-state index in [1.54, 1.807) is 4.90 Å². The minimum Gasteiger partial charge on any atom is -0.353 e. The summed E-state index contributed by atoms with van der Waals surface area (Å²) in [7, 11) is 0. The van der Waals surface area contributed by atoms with Crippen molar-refractivity contribution in [2.75, 3.05) is 26.2 Å². The zero-order chi connectivity index (χ0) is 21.9. The van der Waals surface area contributed by atoms with Gasteiger partial charge in [-0.3, -0.25) is 14.4 Å². The van der Waals surface area contributed by atoms with Gasteiger partial charge in [-0.2, -0.15) is 0 Å². The van der Waals surface area contributed by atoms with E-state index in [4.69, 9.17) is 0 Å². The van der Waals surface area contributed by atoms with Crippen LogP contribution in [0.1, 0.15) is 70.8 Å². The normalized spacial score (nSPS) is 15.5. The van der Waals surface area contributed by atoms with Gasteiger partial charge in [-0.05, 0) is 45.1 Å². The second kappa shape index (κ2) is 12.4. The fraction of sp³-hybridized carbons (Fsp3) is 0.625. The summed E-state index contributed by atoms with van der Waals surface area (Å²) in [6, 6.07) is 10.1. The van der Waals surface area contributed by atoms with Gasteiger partial charge in [-0.15, -0.1) is 0 Å². The summed E-state index contributed by atoms with van der Waals surface area (Å²) in [6.07, 6.45) is 3.71. The molecular weight excluding hydrogens is 378 g/mol. The molecule has 1 heterocycles. The molecule has 1 saturated heterocycles. The summed E-state index contributed by atoms with van der Waals surface area (Å²) in [5.74, 6) is 0.204. The molecule has 1 atom stereocenters. The Morgan fingerprint density at radius 3 is 2.23 bits per heavy atom. The van der Waals surface area contributed by atoms with Gasteiger partial charge < -0.3 is 15.1 Å². The van der Waals surface area contributed by atoms with E-state index in [2.05, 4.69) is 5.32 Å². The Labute approximate surface area is 181 Å². The molecule has 6 nitrogen and oxygen atoms in total. The SMILES string of the molecule is CCC(C(=O)N1CCC(NC(=O)CCCC(=O)N(CC)CC)CC1)c1ccccc1. The molecule has 2 rings (SSSR count). The van der Waals surface area contributed by atoms with E-state index in [1.165, 1.54) is 0 Å². The van der Waals surface area contributed by atoms with Gasteiger partial charge in [0, 0.05) is 45.1 Å². The molecule has 6 heteroatoms. The van der Waals surface area contributed by atoms with Crippen LogP contribution < -0.4 is 5.32 Å². The van der Waals surface area contributed by atoms with Gasteiger partial charge >= 0.3 is 0 Å². The second-order valence-electron chi connectivity index (χ2n) is 7.96. The van der Waals surface area contributed by atoms with E-state index in [-0.39, 0.29) is 29.7 Å². The first-order valence-electron chi connectivity index (χ1n) is 11.4. The molecule has 1 aromatic carbocycles. The molecule has 0 aromatic heterocycles. The molecule has 1 aliphatic heterocycles. The van der Waals surface area contributed by atoms with Crippen LogP contribution in [-0.4, -0.2) is 59.7 Å². The Kier molecular flexibility index (Phi) is 9.84. The van der Waals surface area contributed by atoms with E-state index in [1.807, 2.05) is 56.0 Å². The van der Waals surface area contributed by atoms with E-state index in [9.17, 15) is 14.4 Å². The Bertz CT molecular complexity index is 680. The van der Waals surface area contributed by atoms with Gasteiger partial charge in [0.15, 0.2) is 0 Å². The molecule has 1 N–H and O–H groups in total. The molecule has 166 valence electrons. The maximum absolute atomic E-state index is 13.0. The Balaban J connectivity index is 1.73. The number of likely N-dealkylation sites (tertiary alicyclic amines) is 1. The summed E-state index contributed by atoms with van der Waals surface area (Å²) in [5.41, 5.74) is 1.07. The smallest absolute Gasteiger partial charge is 0.230 e. The average Bonchev–Trinajstić information content (AvgIpc) is 2.76. The summed E-state index contributed by atoms with van der Waals surface area (Å²) in [4.78, 5) is 41.0. The molecule has 0 bridgehead atoms. The third-order valence-electron chi connectivity index (χ3n) is 5.99. The summed E-state index contributed by atoms with van der Waals surface area (Å²) in [6.45, 7) is 8.75. The first-order valence-corrected chi connectivity index (χ1v) is 11.4. The fourth-order valence-electron chi connectivity index (χ4n) is 4.14. The highest BCUT2D eigenvalue weighted by Crippen LogP contribution is 2.24. The molecule has 1 aromatic rings. The minimum absolute atomic E-state index is 0.00263. The quantitative estimate of drug-likeness (QED) is 0.637. The third kappa shape index (κ3) is 6.85. The number of carbonyl (C=O) groups is 3. The molecule has 3 amide bonds. The molecule has 0 spiro atoms. The predicted octanol–water partition coefficient (Wildman–Crippen LogP) is 3.33. The monoisotopic (exact) mass is 415 g/mol. The maximum Gasteiger partial charge on any atom is 0.230 e. The molecule has 30 heavy (non-hydrogen) atoms. The lowest BCUT2D eigenvalue weighted by molar-refractivity contribution is -0.134. The van der Waals surface area contributed by atoms with Gasteiger partial charge in [0.1, 0.15) is 0 Å². The number of nitrogens with zero attached hydrogens (tertiary/aromatic N) is 2. The molecule has 0 aliphatic carbocycles. The van der Waals surface area contributed by atoms with Crippen molar-refractivity contribution in [3.63, 3.8) is 0 Å². The van der Waals surface area contributed by atoms with Crippen LogP contribution in [0.2, 0.25) is 0 Å². The first kappa shape index (κ1) is 23.9. The van der Waals surface area contributed by atoms with Crippen LogP contribution in [0.3, 0.4) is 0 Å². The van der Waals surface area contributed by atoms with Crippen molar-refractivity contribution in [3.8, 4) is 0 Å². The van der Waals surface area contributed by atoms with E-state index < -0.39 is 0 Å². The second-order valence-corrected chi connectivity index (χ2v) is 7.96. The highest BCUT2D eigenvalue weighted by atomic mass is 16.2. The van der Waals surface area contributed by atoms with Crippen LogP contribution in [0.4, 0.5) is 0 Å². The summed E-state index contributed by atoms with van der Waals surface area (Å²) < 4.78 is 0. The molecule has 0 saturated carbocycles. The van der Waals surface area contributed by atoms with Crippen LogP contribution in [0.5, 0.6) is 0 Å². The van der Waals surface area contributed by atoms with Crippen LogP contribution in [-0.2, 0) is 14.4 Å². The molecule has 1 aliphatic rings. The minimum atomic E-state index is -0.0966. The fourth-order valence-corrected chi connectivity index (χ4v) is 4.14. The Morgan fingerprint density at radius 1 is 1.03 bits per heavy atom. The molecule has 1 fully saturated rings.